The molecule has 1 amide bonds. The van der Waals surface area contributed by atoms with Gasteiger partial charge in [0.1, 0.15) is 0 Å². The van der Waals surface area contributed by atoms with Gasteiger partial charge in [0.2, 0.25) is 5.91 Å². The molecule has 2 nitrogen and oxygen atoms in total. The number of hydrogen-bond donors (Lipinski definition) is 1. The van der Waals surface area contributed by atoms with Crippen LogP contribution in [0.15, 0.2) is 24.3 Å². The highest BCUT2D eigenvalue weighted by molar-refractivity contribution is 6.31. The van der Waals surface area contributed by atoms with E-state index < -0.39 is 0 Å². The molecule has 3 heteroatoms. The van der Waals surface area contributed by atoms with Gasteiger partial charge in [0.15, 0.2) is 0 Å². The van der Waals surface area contributed by atoms with Gasteiger partial charge in [0.05, 0.1) is 0 Å². The Balaban J connectivity index is 2.69. The average molecular weight is 266 g/mol. The van der Waals surface area contributed by atoms with Crippen LogP contribution >= 0.6 is 11.6 Å². The molecule has 1 rings (SSSR count). The smallest absolute Gasteiger partial charge is 0.244 e. The van der Waals surface area contributed by atoms with Gasteiger partial charge in [-0.15, -0.1) is 0 Å². The second-order valence-electron chi connectivity index (χ2n) is 5.07. The summed E-state index contributed by atoms with van der Waals surface area (Å²) in [5, 5.41) is 3.66. The molecule has 1 N–H and O–H groups in total. The van der Waals surface area contributed by atoms with Crippen LogP contribution in [-0.2, 0) is 4.79 Å². The maximum absolute atomic E-state index is 11.7. The number of nitrogens with one attached hydrogen (secondary N) is 1. The average Bonchev–Trinajstić information content (AvgIpc) is 2.30. The molecule has 0 radical (unpaired) electrons. The molecule has 0 fully saturated rings. The molecule has 0 atom stereocenters. The molecule has 0 aliphatic carbocycles. The molecule has 0 aliphatic heterocycles. The zero-order valence-electron chi connectivity index (χ0n) is 11.4. The highest BCUT2D eigenvalue weighted by atomic mass is 35.5. The second kappa shape index (κ2) is 6.05. The van der Waals surface area contributed by atoms with Crippen molar-refractivity contribution < 1.29 is 4.79 Å². The Hall–Kier alpha value is -1.28. The normalized spacial score (nSPS) is 11.8. The van der Waals surface area contributed by atoms with Crippen LogP contribution in [0.25, 0.3) is 6.08 Å². The monoisotopic (exact) mass is 265 g/mol. The molecule has 0 saturated heterocycles. The van der Waals surface area contributed by atoms with Crippen LogP contribution < -0.4 is 5.32 Å². The lowest BCUT2D eigenvalue weighted by atomic mass is 10.0. The second-order valence-corrected chi connectivity index (χ2v) is 5.48. The predicted octanol–water partition coefficient (Wildman–Crippen LogP) is 3.97. The zero-order valence-corrected chi connectivity index (χ0v) is 12.1. The minimum Gasteiger partial charge on any atom is -0.348 e. The third kappa shape index (κ3) is 4.53. The Kier molecular flexibility index (Phi) is 4.97. The summed E-state index contributed by atoms with van der Waals surface area (Å²) in [6.07, 6.45) is 4.20. The Labute approximate surface area is 114 Å². The SMILES string of the molecule is CCC(C)(C)NC(=O)/C=C/c1ccc(C)c(Cl)c1. The Morgan fingerprint density at radius 2 is 2.11 bits per heavy atom. The van der Waals surface area contributed by atoms with Crippen LogP contribution in [0.2, 0.25) is 5.02 Å². The van der Waals surface area contributed by atoms with E-state index in [1.165, 1.54) is 0 Å². The van der Waals surface area contributed by atoms with Crippen LogP contribution in [0.1, 0.15) is 38.3 Å². The fourth-order valence-corrected chi connectivity index (χ4v) is 1.54. The van der Waals surface area contributed by atoms with E-state index in [2.05, 4.69) is 5.32 Å². The summed E-state index contributed by atoms with van der Waals surface area (Å²) in [6.45, 7) is 8.00. The minimum atomic E-state index is -0.174. The summed E-state index contributed by atoms with van der Waals surface area (Å²) in [5.41, 5.74) is 1.78. The van der Waals surface area contributed by atoms with Crippen LogP contribution in [-0.4, -0.2) is 11.4 Å². The van der Waals surface area contributed by atoms with Gasteiger partial charge in [0, 0.05) is 16.6 Å². The van der Waals surface area contributed by atoms with E-state index in [9.17, 15) is 4.79 Å². The van der Waals surface area contributed by atoms with E-state index in [0.717, 1.165) is 17.5 Å². The molecule has 0 bridgehead atoms. The third-order valence-electron chi connectivity index (χ3n) is 2.97. The number of amides is 1. The summed E-state index contributed by atoms with van der Waals surface area (Å²) < 4.78 is 0. The van der Waals surface area contributed by atoms with Crippen molar-refractivity contribution in [3.63, 3.8) is 0 Å². The minimum absolute atomic E-state index is 0.0847. The van der Waals surface area contributed by atoms with Crippen molar-refractivity contribution >= 4 is 23.6 Å². The molecule has 0 heterocycles. The molecule has 1 aromatic rings. The van der Waals surface area contributed by atoms with Crippen molar-refractivity contribution in [3.8, 4) is 0 Å². The number of rotatable bonds is 4. The fraction of sp³-hybridized carbons (Fsp3) is 0.400. The first kappa shape index (κ1) is 14.8. The number of benzene rings is 1. The molecular formula is C15H20ClNO. The van der Waals surface area contributed by atoms with Crippen molar-refractivity contribution in [3.05, 3.63) is 40.4 Å². The Morgan fingerprint density at radius 1 is 1.44 bits per heavy atom. The molecule has 0 unspecified atom stereocenters. The first-order chi connectivity index (χ1) is 8.34. The van der Waals surface area contributed by atoms with Gasteiger partial charge in [-0.25, -0.2) is 0 Å². The van der Waals surface area contributed by atoms with Crippen molar-refractivity contribution in [2.24, 2.45) is 0 Å². The van der Waals surface area contributed by atoms with E-state index >= 15 is 0 Å². The van der Waals surface area contributed by atoms with Gasteiger partial charge in [-0.2, -0.15) is 0 Å². The molecule has 0 spiro atoms. The lowest BCUT2D eigenvalue weighted by Gasteiger charge is -2.23. The van der Waals surface area contributed by atoms with Crippen molar-refractivity contribution in [2.45, 2.75) is 39.7 Å². The van der Waals surface area contributed by atoms with Gasteiger partial charge < -0.3 is 5.32 Å². The highest BCUT2D eigenvalue weighted by Crippen LogP contribution is 2.17. The highest BCUT2D eigenvalue weighted by Gasteiger charge is 2.15. The maximum Gasteiger partial charge on any atom is 0.244 e. The van der Waals surface area contributed by atoms with E-state index in [1.54, 1.807) is 12.2 Å². The maximum atomic E-state index is 11.7. The zero-order chi connectivity index (χ0) is 13.8. The van der Waals surface area contributed by atoms with Crippen LogP contribution in [0.5, 0.6) is 0 Å². The van der Waals surface area contributed by atoms with E-state index in [4.69, 9.17) is 11.6 Å². The van der Waals surface area contributed by atoms with Crippen molar-refractivity contribution in [1.29, 1.82) is 0 Å². The first-order valence-electron chi connectivity index (χ1n) is 6.10. The van der Waals surface area contributed by atoms with E-state index in [1.807, 2.05) is 45.9 Å². The lowest BCUT2D eigenvalue weighted by Crippen LogP contribution is -2.41. The summed E-state index contributed by atoms with van der Waals surface area (Å²) >= 11 is 6.02. The molecule has 0 saturated carbocycles. The Bertz CT molecular complexity index is 464. The van der Waals surface area contributed by atoms with Gasteiger partial charge in [-0.05, 0) is 50.5 Å². The molecule has 1 aromatic carbocycles. The number of hydrogen-bond acceptors (Lipinski definition) is 1. The molecule has 18 heavy (non-hydrogen) atoms. The molecule has 98 valence electrons. The van der Waals surface area contributed by atoms with Gasteiger partial charge >= 0.3 is 0 Å². The third-order valence-corrected chi connectivity index (χ3v) is 3.38. The standard InChI is InChI=1S/C15H20ClNO/c1-5-15(3,4)17-14(18)9-8-12-7-6-11(2)13(16)10-12/h6-10H,5H2,1-4H3,(H,17,18)/b9-8+. The predicted molar refractivity (Wildman–Crippen MR) is 77.7 cm³/mol. The van der Waals surface area contributed by atoms with Crippen LogP contribution in [0, 0.1) is 6.92 Å². The first-order valence-corrected chi connectivity index (χ1v) is 6.48. The van der Waals surface area contributed by atoms with E-state index in [-0.39, 0.29) is 11.4 Å². The molecular weight excluding hydrogens is 246 g/mol. The topological polar surface area (TPSA) is 29.1 Å². The van der Waals surface area contributed by atoms with Gasteiger partial charge in [0.25, 0.3) is 0 Å². The fourth-order valence-electron chi connectivity index (χ4n) is 1.35. The summed E-state index contributed by atoms with van der Waals surface area (Å²) in [6, 6.07) is 5.73. The van der Waals surface area contributed by atoms with Crippen molar-refractivity contribution in [1.82, 2.24) is 5.32 Å². The van der Waals surface area contributed by atoms with Crippen LogP contribution in [0.3, 0.4) is 0 Å². The number of halogens is 1. The largest absolute Gasteiger partial charge is 0.348 e. The Morgan fingerprint density at radius 3 is 2.67 bits per heavy atom. The molecule has 0 aromatic heterocycles. The quantitative estimate of drug-likeness (QED) is 0.820. The van der Waals surface area contributed by atoms with E-state index in [0.29, 0.717) is 5.02 Å². The number of carbonyl (C=O) groups excluding carboxylic acids is 1. The van der Waals surface area contributed by atoms with Gasteiger partial charge in [-0.1, -0.05) is 30.7 Å². The number of aryl methyl sites for hydroxylation is 1. The van der Waals surface area contributed by atoms with Crippen molar-refractivity contribution in [2.75, 3.05) is 0 Å². The number of carbonyl (C=O) groups is 1. The summed E-state index contributed by atoms with van der Waals surface area (Å²) in [7, 11) is 0. The van der Waals surface area contributed by atoms with Crippen LogP contribution in [0.4, 0.5) is 0 Å². The lowest BCUT2D eigenvalue weighted by molar-refractivity contribution is -0.117. The van der Waals surface area contributed by atoms with Gasteiger partial charge in [-0.3, -0.25) is 4.79 Å². The summed E-state index contributed by atoms with van der Waals surface area (Å²) in [4.78, 5) is 11.7. The molecule has 0 aliphatic rings. The summed E-state index contributed by atoms with van der Waals surface area (Å²) in [5.74, 6) is -0.0847.